The Kier molecular flexibility index (Phi) is 5.30. The van der Waals surface area contributed by atoms with Gasteiger partial charge < -0.3 is 10.1 Å². The average molecular weight is 250 g/mol. The quantitative estimate of drug-likeness (QED) is 0.814. The summed E-state index contributed by atoms with van der Waals surface area (Å²) in [6, 6.07) is 3.05. The summed E-state index contributed by atoms with van der Waals surface area (Å²) < 4.78 is 4.61. The van der Waals surface area contributed by atoms with E-state index in [4.69, 9.17) is 0 Å². The van der Waals surface area contributed by atoms with E-state index in [-0.39, 0.29) is 11.8 Å². The highest BCUT2D eigenvalue weighted by Gasteiger charge is 2.15. The Labute approximate surface area is 107 Å². The largest absolute Gasteiger partial charge is 0.465 e. The minimum absolute atomic E-state index is 0.0337. The van der Waals surface area contributed by atoms with Gasteiger partial charge in [-0.2, -0.15) is 0 Å². The van der Waals surface area contributed by atoms with Gasteiger partial charge in [0, 0.05) is 12.1 Å². The van der Waals surface area contributed by atoms with Crippen molar-refractivity contribution in [1.29, 1.82) is 0 Å². The first-order valence-corrected chi connectivity index (χ1v) is 5.97. The highest BCUT2D eigenvalue weighted by molar-refractivity contribution is 5.94. The number of anilines is 1. The van der Waals surface area contributed by atoms with E-state index in [9.17, 15) is 9.59 Å². The summed E-state index contributed by atoms with van der Waals surface area (Å²) in [5.41, 5.74) is 0.368. The summed E-state index contributed by atoms with van der Waals surface area (Å²) in [6.45, 7) is 3.93. The molecule has 0 saturated heterocycles. The number of aromatic nitrogens is 1. The van der Waals surface area contributed by atoms with Crippen LogP contribution in [0.25, 0.3) is 0 Å². The van der Waals surface area contributed by atoms with Gasteiger partial charge in [0.25, 0.3) is 0 Å². The topological polar surface area (TPSA) is 68.3 Å². The summed E-state index contributed by atoms with van der Waals surface area (Å²) in [4.78, 5) is 27.2. The zero-order valence-corrected chi connectivity index (χ0v) is 10.9. The fourth-order valence-corrected chi connectivity index (χ4v) is 1.63. The molecule has 0 aliphatic rings. The molecule has 0 radical (unpaired) electrons. The van der Waals surface area contributed by atoms with Gasteiger partial charge in [-0.1, -0.05) is 13.8 Å². The van der Waals surface area contributed by atoms with Crippen LogP contribution >= 0.6 is 0 Å². The molecule has 0 bridgehead atoms. The van der Waals surface area contributed by atoms with Crippen molar-refractivity contribution in [3.05, 3.63) is 23.9 Å². The molecule has 0 fully saturated rings. The molecule has 1 amide bonds. The van der Waals surface area contributed by atoms with Crippen LogP contribution in [0.15, 0.2) is 18.3 Å². The number of hydrogen-bond acceptors (Lipinski definition) is 4. The minimum atomic E-state index is -0.449. The number of amides is 1. The van der Waals surface area contributed by atoms with Crippen molar-refractivity contribution in [3.8, 4) is 0 Å². The molecule has 5 heteroatoms. The number of rotatable bonds is 5. The molecular weight excluding hydrogens is 232 g/mol. The van der Waals surface area contributed by atoms with Crippen molar-refractivity contribution < 1.29 is 14.3 Å². The van der Waals surface area contributed by atoms with Gasteiger partial charge in [0.2, 0.25) is 5.91 Å². The molecule has 0 aliphatic carbocycles. The summed E-state index contributed by atoms with van der Waals surface area (Å²) in [6.07, 6.45) is 3.02. The first-order valence-electron chi connectivity index (χ1n) is 5.97. The highest BCUT2D eigenvalue weighted by Crippen LogP contribution is 2.13. The number of hydrogen-bond donors (Lipinski definition) is 1. The number of nitrogens with one attached hydrogen (secondary N) is 1. The van der Waals surface area contributed by atoms with E-state index in [1.165, 1.54) is 19.4 Å². The van der Waals surface area contributed by atoms with Gasteiger partial charge in [-0.05, 0) is 25.0 Å². The van der Waals surface area contributed by atoms with Gasteiger partial charge in [0.1, 0.15) is 5.82 Å². The molecule has 1 N–H and O–H groups in total. The molecule has 0 aliphatic heterocycles. The van der Waals surface area contributed by atoms with E-state index in [0.717, 1.165) is 12.8 Å². The molecular formula is C13H18N2O3. The number of nitrogens with zero attached hydrogens (tertiary/aromatic N) is 1. The Morgan fingerprint density at radius 2 is 2.06 bits per heavy atom. The minimum Gasteiger partial charge on any atom is -0.465 e. The predicted octanol–water partition coefficient (Wildman–Crippen LogP) is 2.24. The Balaban J connectivity index is 2.79. The van der Waals surface area contributed by atoms with Gasteiger partial charge in [-0.15, -0.1) is 0 Å². The monoisotopic (exact) mass is 250 g/mol. The van der Waals surface area contributed by atoms with Crippen LogP contribution in [0.4, 0.5) is 5.82 Å². The first kappa shape index (κ1) is 14.2. The molecule has 1 aromatic heterocycles. The van der Waals surface area contributed by atoms with Gasteiger partial charge >= 0.3 is 5.97 Å². The van der Waals surface area contributed by atoms with Crippen LogP contribution in [-0.4, -0.2) is 24.0 Å². The third-order valence-corrected chi connectivity index (χ3v) is 2.79. The third-order valence-electron chi connectivity index (χ3n) is 2.79. The van der Waals surface area contributed by atoms with E-state index in [2.05, 4.69) is 15.0 Å². The van der Waals surface area contributed by atoms with Gasteiger partial charge in [-0.3, -0.25) is 4.79 Å². The maximum atomic E-state index is 11.9. The van der Waals surface area contributed by atoms with E-state index in [0.29, 0.717) is 11.4 Å². The van der Waals surface area contributed by atoms with Crippen molar-refractivity contribution in [2.45, 2.75) is 26.7 Å². The fraction of sp³-hybridized carbons (Fsp3) is 0.462. The molecule has 0 unspecified atom stereocenters. The molecule has 98 valence electrons. The van der Waals surface area contributed by atoms with E-state index >= 15 is 0 Å². The van der Waals surface area contributed by atoms with Gasteiger partial charge in [0.15, 0.2) is 0 Å². The summed E-state index contributed by atoms with van der Waals surface area (Å²) in [5.74, 6) is -0.187. The highest BCUT2D eigenvalue weighted by atomic mass is 16.5. The maximum Gasteiger partial charge on any atom is 0.338 e. The van der Waals surface area contributed by atoms with Crippen LogP contribution in [0, 0.1) is 5.92 Å². The standard InChI is InChI=1S/C13H18N2O3/c1-4-9(5-2)12(16)15-11-8-10(6-7-14-11)13(17)18-3/h6-9H,4-5H2,1-3H3,(H,14,15,16). The van der Waals surface area contributed by atoms with Crippen LogP contribution in [0.5, 0.6) is 0 Å². The number of esters is 1. The molecule has 0 aromatic carbocycles. The predicted molar refractivity (Wildman–Crippen MR) is 68.3 cm³/mol. The molecule has 0 atom stereocenters. The van der Waals surface area contributed by atoms with Crippen LogP contribution in [0.1, 0.15) is 37.0 Å². The van der Waals surface area contributed by atoms with Gasteiger partial charge in [0.05, 0.1) is 12.7 Å². The molecule has 5 nitrogen and oxygen atoms in total. The lowest BCUT2D eigenvalue weighted by Gasteiger charge is -2.12. The van der Waals surface area contributed by atoms with E-state index in [1.54, 1.807) is 6.07 Å². The first-order chi connectivity index (χ1) is 8.62. The van der Waals surface area contributed by atoms with Crippen molar-refractivity contribution in [1.82, 2.24) is 4.98 Å². The maximum absolute atomic E-state index is 11.9. The zero-order valence-electron chi connectivity index (χ0n) is 10.9. The van der Waals surface area contributed by atoms with Gasteiger partial charge in [-0.25, -0.2) is 9.78 Å². The summed E-state index contributed by atoms with van der Waals surface area (Å²) >= 11 is 0. The van der Waals surface area contributed by atoms with Crippen LogP contribution in [0.2, 0.25) is 0 Å². The fourth-order valence-electron chi connectivity index (χ4n) is 1.63. The zero-order chi connectivity index (χ0) is 13.5. The summed E-state index contributed by atoms with van der Waals surface area (Å²) in [7, 11) is 1.31. The second-order valence-electron chi connectivity index (χ2n) is 3.92. The SMILES string of the molecule is CCC(CC)C(=O)Nc1cc(C(=O)OC)ccn1. The van der Waals surface area contributed by atoms with Crippen molar-refractivity contribution in [2.75, 3.05) is 12.4 Å². The van der Waals surface area contributed by atoms with Crippen molar-refractivity contribution in [3.63, 3.8) is 0 Å². The smallest absolute Gasteiger partial charge is 0.338 e. The summed E-state index contributed by atoms with van der Waals surface area (Å²) in [5, 5.41) is 2.71. The molecule has 1 rings (SSSR count). The van der Waals surface area contributed by atoms with E-state index < -0.39 is 5.97 Å². The normalized spacial score (nSPS) is 10.2. The Bertz CT molecular complexity index is 428. The molecule has 0 saturated carbocycles. The number of carbonyl (C=O) groups excluding carboxylic acids is 2. The van der Waals surface area contributed by atoms with Crippen LogP contribution < -0.4 is 5.32 Å². The number of carbonyl (C=O) groups is 2. The number of methoxy groups -OCH3 is 1. The number of pyridine rings is 1. The lowest BCUT2D eigenvalue weighted by atomic mass is 10.0. The lowest BCUT2D eigenvalue weighted by Crippen LogP contribution is -2.22. The average Bonchev–Trinajstić information content (AvgIpc) is 2.39. The lowest BCUT2D eigenvalue weighted by molar-refractivity contribution is -0.120. The second kappa shape index (κ2) is 6.74. The Morgan fingerprint density at radius 3 is 2.61 bits per heavy atom. The van der Waals surface area contributed by atoms with Crippen LogP contribution in [0.3, 0.4) is 0 Å². The molecule has 18 heavy (non-hydrogen) atoms. The molecule has 0 spiro atoms. The second-order valence-corrected chi connectivity index (χ2v) is 3.92. The van der Waals surface area contributed by atoms with Crippen LogP contribution in [-0.2, 0) is 9.53 Å². The molecule has 1 aromatic rings. The number of ether oxygens (including phenoxy) is 1. The third kappa shape index (κ3) is 3.55. The van der Waals surface area contributed by atoms with Crippen molar-refractivity contribution >= 4 is 17.7 Å². The Hall–Kier alpha value is -1.91. The van der Waals surface area contributed by atoms with Crippen molar-refractivity contribution in [2.24, 2.45) is 5.92 Å². The van der Waals surface area contributed by atoms with E-state index in [1.807, 2.05) is 13.8 Å². The molecule has 1 heterocycles. The Morgan fingerprint density at radius 1 is 1.39 bits per heavy atom.